The molecular weight excluding hydrogens is 328 g/mol. The number of hydrogen-bond donors (Lipinski definition) is 0. The first-order valence-corrected chi connectivity index (χ1v) is 8.44. The Balaban J connectivity index is 2.35. The van der Waals surface area contributed by atoms with E-state index in [1.807, 2.05) is 0 Å². The summed E-state index contributed by atoms with van der Waals surface area (Å²) in [6, 6.07) is 1.01. The van der Waals surface area contributed by atoms with Crippen LogP contribution in [-0.2, 0) is 14.8 Å². The van der Waals surface area contributed by atoms with Crippen LogP contribution in [0.4, 0.5) is 5.69 Å². The minimum Gasteiger partial charge on any atom is -0.373 e. The van der Waals surface area contributed by atoms with E-state index in [9.17, 15) is 18.5 Å². The van der Waals surface area contributed by atoms with Crippen LogP contribution in [-0.4, -0.2) is 42.9 Å². The molecule has 20 heavy (non-hydrogen) atoms. The molecule has 1 aromatic rings. The van der Waals surface area contributed by atoms with Crippen molar-refractivity contribution in [1.29, 1.82) is 0 Å². The second-order valence-corrected chi connectivity index (χ2v) is 8.38. The fraction of sp³-hybridized carbons (Fsp3) is 0.600. The third-order valence-corrected chi connectivity index (χ3v) is 6.44. The van der Waals surface area contributed by atoms with Gasteiger partial charge in [0.15, 0.2) is 4.34 Å². The number of sulfonamides is 1. The van der Waals surface area contributed by atoms with Crippen molar-refractivity contribution >= 4 is 38.6 Å². The number of thiophene rings is 1. The third kappa shape index (κ3) is 2.96. The second-order valence-electron chi connectivity index (χ2n) is 4.56. The average Bonchev–Trinajstić information content (AvgIpc) is 2.70. The van der Waals surface area contributed by atoms with E-state index >= 15 is 0 Å². The fourth-order valence-electron chi connectivity index (χ4n) is 2.04. The van der Waals surface area contributed by atoms with E-state index in [4.69, 9.17) is 16.3 Å². The van der Waals surface area contributed by atoms with E-state index < -0.39 is 14.9 Å². The Hall–Kier alpha value is -0.740. The highest BCUT2D eigenvalue weighted by Crippen LogP contribution is 2.37. The van der Waals surface area contributed by atoms with Crippen LogP contribution in [0.3, 0.4) is 0 Å². The molecule has 0 aromatic carbocycles. The minimum absolute atomic E-state index is 0.115. The molecule has 0 aliphatic carbocycles. The Labute approximate surface area is 125 Å². The highest BCUT2D eigenvalue weighted by Gasteiger charge is 2.35. The van der Waals surface area contributed by atoms with Gasteiger partial charge in [-0.1, -0.05) is 11.6 Å². The van der Waals surface area contributed by atoms with Crippen LogP contribution in [0.25, 0.3) is 0 Å². The van der Waals surface area contributed by atoms with Crippen molar-refractivity contribution in [2.45, 2.75) is 30.3 Å². The monoisotopic (exact) mass is 340 g/mol. The number of halogens is 1. The number of rotatable bonds is 3. The molecule has 7 nitrogen and oxygen atoms in total. The van der Waals surface area contributed by atoms with Crippen LogP contribution < -0.4 is 0 Å². The molecule has 1 saturated heterocycles. The van der Waals surface area contributed by atoms with E-state index in [1.54, 1.807) is 13.8 Å². The Bertz CT molecular complexity index is 620. The van der Waals surface area contributed by atoms with Crippen molar-refractivity contribution < 1.29 is 18.1 Å². The van der Waals surface area contributed by atoms with Crippen LogP contribution in [0.5, 0.6) is 0 Å². The molecule has 2 heterocycles. The Morgan fingerprint density at radius 2 is 2.00 bits per heavy atom. The molecule has 0 saturated carbocycles. The number of ether oxygens (including phenoxy) is 1. The standard InChI is InChI=1S/C10H13ClN2O5S2/c1-6-4-12(5-7(2)18-6)20(16,17)9-3-8(13(14)15)10(11)19-9/h3,6-7H,4-5H2,1-2H3/t6-,7+. The summed E-state index contributed by atoms with van der Waals surface area (Å²) in [6.07, 6.45) is -0.446. The van der Waals surface area contributed by atoms with Gasteiger partial charge in [-0.2, -0.15) is 4.31 Å². The Morgan fingerprint density at radius 3 is 2.45 bits per heavy atom. The molecule has 1 aliphatic rings. The Kier molecular flexibility index (Phi) is 4.35. The SMILES string of the molecule is C[C@@H]1CN(S(=O)(=O)c2cc([N+](=O)[O-])c(Cl)s2)C[C@H](C)O1. The van der Waals surface area contributed by atoms with Crippen molar-refractivity contribution in [3.8, 4) is 0 Å². The number of nitro groups is 1. The molecule has 112 valence electrons. The van der Waals surface area contributed by atoms with Crippen LogP contribution in [0.1, 0.15) is 13.8 Å². The Morgan fingerprint density at radius 1 is 1.45 bits per heavy atom. The zero-order chi connectivity index (χ0) is 15.1. The maximum Gasteiger partial charge on any atom is 0.300 e. The normalized spacial score (nSPS) is 24.8. The van der Waals surface area contributed by atoms with E-state index in [0.717, 1.165) is 6.07 Å². The lowest BCUT2D eigenvalue weighted by Crippen LogP contribution is -2.47. The summed E-state index contributed by atoms with van der Waals surface area (Å²) >= 11 is 6.41. The van der Waals surface area contributed by atoms with Crippen LogP contribution in [0.2, 0.25) is 4.34 Å². The van der Waals surface area contributed by atoms with Gasteiger partial charge in [0.2, 0.25) is 0 Å². The molecule has 0 unspecified atom stereocenters. The van der Waals surface area contributed by atoms with Gasteiger partial charge in [-0.25, -0.2) is 8.42 Å². The van der Waals surface area contributed by atoms with Gasteiger partial charge in [0, 0.05) is 19.2 Å². The molecule has 0 radical (unpaired) electrons. The van der Waals surface area contributed by atoms with Crippen molar-refractivity contribution in [3.63, 3.8) is 0 Å². The molecular formula is C10H13ClN2O5S2. The average molecular weight is 341 g/mol. The van der Waals surface area contributed by atoms with Crippen molar-refractivity contribution in [2.24, 2.45) is 0 Å². The van der Waals surface area contributed by atoms with E-state index in [2.05, 4.69) is 0 Å². The predicted molar refractivity (Wildman–Crippen MR) is 74.8 cm³/mol. The predicted octanol–water partition coefficient (Wildman–Crippen LogP) is 2.11. The molecule has 0 amide bonds. The molecule has 2 rings (SSSR count). The topological polar surface area (TPSA) is 89.8 Å². The maximum absolute atomic E-state index is 12.5. The summed E-state index contributed by atoms with van der Waals surface area (Å²) < 4.78 is 31.4. The van der Waals surface area contributed by atoms with Crippen LogP contribution in [0.15, 0.2) is 10.3 Å². The smallest absolute Gasteiger partial charge is 0.300 e. The van der Waals surface area contributed by atoms with Gasteiger partial charge in [-0.15, -0.1) is 11.3 Å². The van der Waals surface area contributed by atoms with Gasteiger partial charge >= 0.3 is 0 Å². The van der Waals surface area contributed by atoms with E-state index in [1.165, 1.54) is 4.31 Å². The van der Waals surface area contributed by atoms with Gasteiger partial charge in [0.05, 0.1) is 17.1 Å². The van der Waals surface area contributed by atoms with Gasteiger partial charge < -0.3 is 4.74 Å². The van der Waals surface area contributed by atoms with Gasteiger partial charge in [0.1, 0.15) is 4.21 Å². The van der Waals surface area contributed by atoms with Crippen LogP contribution in [0, 0.1) is 10.1 Å². The third-order valence-electron chi connectivity index (χ3n) is 2.82. The highest BCUT2D eigenvalue weighted by molar-refractivity contribution is 7.91. The van der Waals surface area contributed by atoms with Crippen LogP contribution >= 0.6 is 22.9 Å². The van der Waals surface area contributed by atoms with Gasteiger partial charge in [-0.3, -0.25) is 10.1 Å². The highest BCUT2D eigenvalue weighted by atomic mass is 35.5. The van der Waals surface area contributed by atoms with E-state index in [0.29, 0.717) is 11.3 Å². The molecule has 1 aromatic heterocycles. The minimum atomic E-state index is -3.78. The zero-order valence-electron chi connectivity index (χ0n) is 10.8. The second kappa shape index (κ2) is 5.57. The summed E-state index contributed by atoms with van der Waals surface area (Å²) in [6.45, 7) is 4.00. The van der Waals surface area contributed by atoms with Gasteiger partial charge in [-0.05, 0) is 13.8 Å². The number of hydrogen-bond acceptors (Lipinski definition) is 6. The first-order chi connectivity index (χ1) is 9.21. The van der Waals surface area contributed by atoms with E-state index in [-0.39, 0.29) is 39.5 Å². The maximum atomic E-state index is 12.5. The molecule has 1 fully saturated rings. The quantitative estimate of drug-likeness (QED) is 0.621. The molecule has 2 atom stereocenters. The van der Waals surface area contributed by atoms with Crippen molar-refractivity contribution in [3.05, 3.63) is 20.5 Å². The van der Waals surface area contributed by atoms with Crippen molar-refractivity contribution in [2.75, 3.05) is 13.1 Å². The summed E-state index contributed by atoms with van der Waals surface area (Å²) in [7, 11) is -3.78. The molecule has 1 aliphatic heterocycles. The summed E-state index contributed by atoms with van der Waals surface area (Å²) in [5.74, 6) is 0. The summed E-state index contributed by atoms with van der Waals surface area (Å²) in [5, 5.41) is 10.7. The molecule has 0 spiro atoms. The fourth-order valence-corrected chi connectivity index (χ4v) is 5.45. The first kappa shape index (κ1) is 15.6. The lowest BCUT2D eigenvalue weighted by molar-refractivity contribution is -0.384. The lowest BCUT2D eigenvalue weighted by atomic mass is 10.3. The number of nitrogens with zero attached hydrogens (tertiary/aromatic N) is 2. The molecule has 0 N–H and O–H groups in total. The first-order valence-electron chi connectivity index (χ1n) is 5.81. The lowest BCUT2D eigenvalue weighted by Gasteiger charge is -2.33. The molecule has 0 bridgehead atoms. The summed E-state index contributed by atoms with van der Waals surface area (Å²) in [4.78, 5) is 10.0. The largest absolute Gasteiger partial charge is 0.373 e. The molecule has 10 heteroatoms. The van der Waals surface area contributed by atoms with Gasteiger partial charge in [0.25, 0.3) is 15.7 Å². The van der Waals surface area contributed by atoms with Crippen molar-refractivity contribution in [1.82, 2.24) is 4.31 Å². The number of morpholine rings is 1. The zero-order valence-corrected chi connectivity index (χ0v) is 13.2. The summed E-state index contributed by atoms with van der Waals surface area (Å²) in [5.41, 5.74) is -0.385.